The third-order valence-electron chi connectivity index (χ3n) is 3.36. The molecule has 0 amide bonds. The Hall–Kier alpha value is -0.240. The van der Waals surface area contributed by atoms with Crippen LogP contribution in [-0.4, -0.2) is 17.5 Å². The van der Waals surface area contributed by atoms with Crippen LogP contribution in [0.1, 0.15) is 31.7 Å². The zero-order valence-electron chi connectivity index (χ0n) is 9.55. The molecule has 88 valence electrons. The maximum absolute atomic E-state index is 6.19. The summed E-state index contributed by atoms with van der Waals surface area (Å²) in [6.45, 7) is 4.31. The molecule has 0 aromatic heterocycles. The Labute approximate surface area is 107 Å². The van der Waals surface area contributed by atoms with Gasteiger partial charge < -0.3 is 0 Å². The lowest BCUT2D eigenvalue weighted by Crippen LogP contribution is -2.36. The van der Waals surface area contributed by atoms with E-state index in [1.54, 1.807) is 0 Å². The lowest BCUT2D eigenvalue weighted by Gasteiger charge is -2.33. The molecule has 1 aliphatic heterocycles. The molecule has 0 saturated carbocycles. The van der Waals surface area contributed by atoms with Crippen molar-refractivity contribution in [3.8, 4) is 0 Å². The largest absolute Gasteiger partial charge is 0.296 e. The van der Waals surface area contributed by atoms with E-state index in [1.807, 2.05) is 18.2 Å². The second-order valence-corrected chi connectivity index (χ2v) is 5.33. The van der Waals surface area contributed by atoms with Gasteiger partial charge in [0, 0.05) is 28.2 Å². The zero-order valence-corrected chi connectivity index (χ0v) is 11.1. The van der Waals surface area contributed by atoms with Gasteiger partial charge in [0.1, 0.15) is 0 Å². The molecule has 1 heterocycles. The first-order valence-corrected chi connectivity index (χ1v) is 6.61. The van der Waals surface area contributed by atoms with E-state index in [9.17, 15) is 0 Å². The van der Waals surface area contributed by atoms with Crippen LogP contribution in [0.25, 0.3) is 0 Å². The molecule has 2 rings (SSSR count). The van der Waals surface area contributed by atoms with Gasteiger partial charge in [0.2, 0.25) is 0 Å². The molecule has 1 atom stereocenters. The summed E-state index contributed by atoms with van der Waals surface area (Å²) in [6, 6.07) is 6.36. The van der Waals surface area contributed by atoms with Gasteiger partial charge >= 0.3 is 0 Å². The van der Waals surface area contributed by atoms with Crippen LogP contribution in [-0.2, 0) is 6.54 Å². The number of rotatable bonds is 2. The quantitative estimate of drug-likeness (QED) is 0.761. The summed E-state index contributed by atoms with van der Waals surface area (Å²) in [5.74, 6) is 0. The number of likely N-dealkylation sites (tertiary alicyclic amines) is 1. The molecule has 0 radical (unpaired) electrons. The maximum Gasteiger partial charge on any atom is 0.0465 e. The van der Waals surface area contributed by atoms with Crippen molar-refractivity contribution in [2.75, 3.05) is 6.54 Å². The number of piperidine rings is 1. The molecule has 0 N–H and O–H groups in total. The highest BCUT2D eigenvalue weighted by Crippen LogP contribution is 2.28. The average Bonchev–Trinajstić information content (AvgIpc) is 2.26. The van der Waals surface area contributed by atoms with Crippen LogP contribution >= 0.6 is 23.2 Å². The molecule has 0 spiro atoms. The third-order valence-corrected chi connectivity index (χ3v) is 4.07. The van der Waals surface area contributed by atoms with E-state index in [0.717, 1.165) is 28.7 Å². The Morgan fingerprint density at radius 3 is 2.56 bits per heavy atom. The van der Waals surface area contributed by atoms with Crippen molar-refractivity contribution in [2.45, 2.75) is 38.8 Å². The highest BCUT2D eigenvalue weighted by Gasteiger charge is 2.19. The molecular formula is C13H17Cl2N. The number of halogens is 2. The molecule has 1 nitrogen and oxygen atoms in total. The van der Waals surface area contributed by atoms with E-state index in [4.69, 9.17) is 23.2 Å². The van der Waals surface area contributed by atoms with Crippen LogP contribution in [0.3, 0.4) is 0 Å². The fourth-order valence-corrected chi connectivity index (χ4v) is 2.80. The summed E-state index contributed by atoms with van der Waals surface area (Å²) >= 11 is 12.4. The molecule has 1 aliphatic rings. The Morgan fingerprint density at radius 1 is 1.25 bits per heavy atom. The van der Waals surface area contributed by atoms with Gasteiger partial charge in [-0.05, 0) is 38.4 Å². The molecule has 16 heavy (non-hydrogen) atoms. The highest BCUT2D eigenvalue weighted by atomic mass is 35.5. The maximum atomic E-state index is 6.19. The van der Waals surface area contributed by atoms with Gasteiger partial charge in [-0.1, -0.05) is 35.7 Å². The minimum absolute atomic E-state index is 0.640. The van der Waals surface area contributed by atoms with E-state index in [2.05, 4.69) is 11.8 Å². The third kappa shape index (κ3) is 2.71. The number of nitrogens with zero attached hydrogens (tertiary/aromatic N) is 1. The van der Waals surface area contributed by atoms with Gasteiger partial charge in [0.15, 0.2) is 0 Å². The van der Waals surface area contributed by atoms with Crippen LogP contribution in [0.15, 0.2) is 18.2 Å². The van der Waals surface area contributed by atoms with E-state index in [0.29, 0.717) is 6.04 Å². The van der Waals surface area contributed by atoms with Gasteiger partial charge in [-0.25, -0.2) is 0 Å². The second-order valence-electron chi connectivity index (χ2n) is 4.52. The molecule has 1 fully saturated rings. The van der Waals surface area contributed by atoms with Crippen LogP contribution in [0, 0.1) is 0 Å². The molecule has 1 saturated heterocycles. The molecule has 1 unspecified atom stereocenters. The minimum atomic E-state index is 0.640. The molecule has 3 heteroatoms. The second kappa shape index (κ2) is 5.39. The van der Waals surface area contributed by atoms with Crippen LogP contribution in [0.5, 0.6) is 0 Å². The van der Waals surface area contributed by atoms with Crippen molar-refractivity contribution in [1.29, 1.82) is 0 Å². The summed E-state index contributed by atoms with van der Waals surface area (Å²) in [4.78, 5) is 2.47. The highest BCUT2D eigenvalue weighted by molar-refractivity contribution is 6.35. The molecule has 0 aliphatic carbocycles. The van der Waals surface area contributed by atoms with Gasteiger partial charge in [-0.3, -0.25) is 4.90 Å². The first-order chi connectivity index (χ1) is 7.68. The summed E-state index contributed by atoms with van der Waals surface area (Å²) < 4.78 is 0. The standard InChI is InChI=1S/C13H17Cl2N/c1-10-5-2-3-8-16(10)9-11-12(14)6-4-7-13(11)15/h4,6-7,10H,2-3,5,8-9H2,1H3. The van der Waals surface area contributed by atoms with Gasteiger partial charge in [0.25, 0.3) is 0 Å². The lowest BCUT2D eigenvalue weighted by molar-refractivity contribution is 0.153. The van der Waals surface area contributed by atoms with Gasteiger partial charge in [0.05, 0.1) is 0 Å². The van der Waals surface area contributed by atoms with E-state index >= 15 is 0 Å². The Kier molecular flexibility index (Phi) is 4.12. The zero-order chi connectivity index (χ0) is 11.5. The van der Waals surface area contributed by atoms with Crippen molar-refractivity contribution < 1.29 is 0 Å². The predicted octanol–water partition coefficient (Wildman–Crippen LogP) is 4.37. The molecular weight excluding hydrogens is 241 g/mol. The van der Waals surface area contributed by atoms with E-state index in [-0.39, 0.29) is 0 Å². The monoisotopic (exact) mass is 257 g/mol. The van der Waals surface area contributed by atoms with Crippen molar-refractivity contribution in [2.24, 2.45) is 0 Å². The first-order valence-electron chi connectivity index (χ1n) is 5.85. The Bertz CT molecular complexity index is 345. The van der Waals surface area contributed by atoms with Crippen molar-refractivity contribution >= 4 is 23.2 Å². The number of benzene rings is 1. The van der Waals surface area contributed by atoms with Crippen LogP contribution in [0.2, 0.25) is 10.0 Å². The summed E-state index contributed by atoms with van der Waals surface area (Å²) in [6.07, 6.45) is 3.91. The van der Waals surface area contributed by atoms with Crippen molar-refractivity contribution in [3.63, 3.8) is 0 Å². The van der Waals surface area contributed by atoms with Crippen molar-refractivity contribution in [1.82, 2.24) is 4.90 Å². The van der Waals surface area contributed by atoms with E-state index < -0.39 is 0 Å². The lowest BCUT2D eigenvalue weighted by atomic mass is 10.0. The molecule has 1 aromatic carbocycles. The SMILES string of the molecule is CC1CCCCN1Cc1c(Cl)cccc1Cl. The Balaban J connectivity index is 2.13. The summed E-state index contributed by atoms with van der Waals surface area (Å²) in [5, 5.41) is 1.57. The topological polar surface area (TPSA) is 3.24 Å². The predicted molar refractivity (Wildman–Crippen MR) is 70.2 cm³/mol. The smallest absolute Gasteiger partial charge is 0.0465 e. The first kappa shape index (κ1) is 12.2. The fourth-order valence-electron chi connectivity index (χ4n) is 2.28. The average molecular weight is 258 g/mol. The Morgan fingerprint density at radius 2 is 1.94 bits per heavy atom. The summed E-state index contributed by atoms with van der Waals surface area (Å²) in [5.41, 5.74) is 1.07. The van der Waals surface area contributed by atoms with Crippen LogP contribution in [0.4, 0.5) is 0 Å². The molecule has 1 aromatic rings. The van der Waals surface area contributed by atoms with E-state index in [1.165, 1.54) is 19.3 Å². The minimum Gasteiger partial charge on any atom is -0.296 e. The fraction of sp³-hybridized carbons (Fsp3) is 0.538. The molecule has 0 bridgehead atoms. The van der Waals surface area contributed by atoms with Gasteiger partial charge in [-0.2, -0.15) is 0 Å². The van der Waals surface area contributed by atoms with Gasteiger partial charge in [-0.15, -0.1) is 0 Å². The van der Waals surface area contributed by atoms with Crippen molar-refractivity contribution in [3.05, 3.63) is 33.8 Å². The number of hydrogen-bond acceptors (Lipinski definition) is 1. The summed E-state index contributed by atoms with van der Waals surface area (Å²) in [7, 11) is 0. The van der Waals surface area contributed by atoms with Crippen LogP contribution < -0.4 is 0 Å². The number of hydrogen-bond donors (Lipinski definition) is 0. The normalized spacial score (nSPS) is 22.3.